The maximum Gasteiger partial charge on any atom is 0.196 e. The monoisotopic (exact) mass is 476 g/mol. The number of carbonyl (C=O) groups excluding carboxylic acids is 1. The first-order valence-electron chi connectivity index (χ1n) is 12.8. The number of carbonyl (C=O) groups is 1. The number of aliphatic hydroxyl groups excluding tert-OH is 1. The van der Waals surface area contributed by atoms with Gasteiger partial charge in [0.25, 0.3) is 0 Å². The number of aromatic nitrogens is 1. The van der Waals surface area contributed by atoms with Crippen LogP contribution < -0.4 is 10.2 Å². The van der Waals surface area contributed by atoms with Gasteiger partial charge in [-0.15, -0.1) is 0 Å². The molecule has 0 amide bonds. The third-order valence-electron chi connectivity index (χ3n) is 7.84. The van der Waals surface area contributed by atoms with E-state index in [1.54, 1.807) is 0 Å². The highest BCUT2D eigenvalue weighted by atomic mass is 16.5. The Kier molecular flexibility index (Phi) is 5.96. The van der Waals surface area contributed by atoms with E-state index < -0.39 is 6.29 Å². The predicted octanol–water partition coefficient (Wildman–Crippen LogP) is 3.61. The summed E-state index contributed by atoms with van der Waals surface area (Å²) in [7, 11) is 0. The first-order chi connectivity index (χ1) is 17.1. The summed E-state index contributed by atoms with van der Waals surface area (Å²) in [5.74, 6) is 0.556. The largest absolute Gasteiger partial charge is 0.384 e. The second kappa shape index (κ2) is 9.26. The second-order valence-electron chi connectivity index (χ2n) is 9.94. The molecule has 3 aromatic rings. The van der Waals surface area contributed by atoms with E-state index in [1.165, 1.54) is 32.1 Å². The van der Waals surface area contributed by atoms with Gasteiger partial charge in [0, 0.05) is 62.0 Å². The number of aliphatic hydroxyl groups is 2. The van der Waals surface area contributed by atoms with Gasteiger partial charge in [-0.25, -0.2) is 0 Å². The Morgan fingerprint density at radius 3 is 2.54 bits per heavy atom. The van der Waals surface area contributed by atoms with Crippen LogP contribution >= 0.6 is 0 Å². The van der Waals surface area contributed by atoms with Gasteiger partial charge in [-0.05, 0) is 18.9 Å². The number of nitrogens with zero attached hydrogens (tertiary/aromatic N) is 3. The van der Waals surface area contributed by atoms with E-state index in [2.05, 4.69) is 20.3 Å². The van der Waals surface area contributed by atoms with Crippen LogP contribution in [0.3, 0.4) is 0 Å². The van der Waals surface area contributed by atoms with E-state index in [0.717, 1.165) is 48.3 Å². The molecule has 1 aliphatic heterocycles. The van der Waals surface area contributed by atoms with Crippen LogP contribution in [0.5, 0.6) is 0 Å². The van der Waals surface area contributed by atoms with Gasteiger partial charge < -0.3 is 25.0 Å². The molecule has 0 unspecified atom stereocenters. The Morgan fingerprint density at radius 1 is 1.06 bits per heavy atom. The highest BCUT2D eigenvalue weighted by Gasteiger charge is 2.34. The smallest absolute Gasteiger partial charge is 0.196 e. The van der Waals surface area contributed by atoms with Crippen LogP contribution in [-0.2, 0) is 0 Å². The van der Waals surface area contributed by atoms with Crippen LogP contribution in [0.2, 0.25) is 0 Å². The molecule has 2 heterocycles. The van der Waals surface area contributed by atoms with Gasteiger partial charge >= 0.3 is 0 Å². The van der Waals surface area contributed by atoms with Crippen LogP contribution in [-0.4, -0.2) is 71.1 Å². The Labute approximate surface area is 204 Å². The van der Waals surface area contributed by atoms with Crippen LogP contribution in [0, 0.1) is 0 Å². The summed E-state index contributed by atoms with van der Waals surface area (Å²) in [4.78, 5) is 18.6. The minimum absolute atomic E-state index is 0.0676. The summed E-state index contributed by atoms with van der Waals surface area (Å²) in [6.07, 6.45) is 5.39. The summed E-state index contributed by atoms with van der Waals surface area (Å²) in [6.45, 7) is 4.15. The lowest BCUT2D eigenvalue weighted by molar-refractivity contribution is -0.0423. The zero-order valence-electron chi connectivity index (χ0n) is 19.9. The third-order valence-corrected chi connectivity index (χ3v) is 7.84. The third kappa shape index (κ3) is 3.99. The number of hydrogen-bond acceptors (Lipinski definition) is 8. The normalized spacial score (nSPS) is 18.9. The molecule has 2 fully saturated rings. The first kappa shape index (κ1) is 22.5. The second-order valence-corrected chi connectivity index (χ2v) is 9.94. The molecular weight excluding hydrogens is 444 g/mol. The number of ketones is 1. The topological polar surface area (TPSA) is 102 Å². The molecule has 2 aromatic carbocycles. The van der Waals surface area contributed by atoms with Gasteiger partial charge in [0.15, 0.2) is 17.8 Å². The average molecular weight is 477 g/mol. The summed E-state index contributed by atoms with van der Waals surface area (Å²) in [5, 5.41) is 27.2. The van der Waals surface area contributed by atoms with E-state index >= 15 is 0 Å². The van der Waals surface area contributed by atoms with E-state index in [1.807, 2.05) is 30.3 Å². The summed E-state index contributed by atoms with van der Waals surface area (Å²) in [5.41, 5.74) is 4.28. The molecule has 2 aliphatic carbocycles. The van der Waals surface area contributed by atoms with Crippen LogP contribution in [0.1, 0.15) is 54.4 Å². The Hall–Kier alpha value is -2.94. The maximum absolute atomic E-state index is 13.6. The first-order valence-corrected chi connectivity index (χ1v) is 12.8. The molecule has 0 atom stereocenters. The lowest BCUT2D eigenvalue weighted by atomic mass is 9.86. The van der Waals surface area contributed by atoms with Crippen LogP contribution in [0.25, 0.3) is 22.2 Å². The van der Waals surface area contributed by atoms with Gasteiger partial charge in [0.1, 0.15) is 5.52 Å². The number of nitrogens with one attached hydrogen (secondary N) is 1. The molecule has 3 N–H and O–H groups in total. The minimum atomic E-state index is -1.41. The van der Waals surface area contributed by atoms with Crippen LogP contribution in [0.4, 0.5) is 11.4 Å². The Bertz CT molecular complexity index is 1240. The lowest BCUT2D eigenvalue weighted by Crippen LogP contribution is -2.51. The van der Waals surface area contributed by atoms with E-state index in [-0.39, 0.29) is 12.2 Å². The van der Waals surface area contributed by atoms with Crippen molar-refractivity contribution in [1.82, 2.24) is 10.1 Å². The Balaban J connectivity index is 1.38. The number of benzene rings is 2. The van der Waals surface area contributed by atoms with Crippen molar-refractivity contribution < 1.29 is 19.5 Å². The van der Waals surface area contributed by atoms with Gasteiger partial charge in [-0.2, -0.15) is 0 Å². The molecule has 1 saturated heterocycles. The molecule has 1 aromatic heterocycles. The fourth-order valence-electron chi connectivity index (χ4n) is 6.03. The molecule has 3 aliphatic rings. The van der Waals surface area contributed by atoms with E-state index in [9.17, 15) is 15.0 Å². The molecule has 0 bridgehead atoms. The van der Waals surface area contributed by atoms with Gasteiger partial charge in [0.05, 0.1) is 16.6 Å². The van der Waals surface area contributed by atoms with Crippen molar-refractivity contribution in [2.75, 3.05) is 42.9 Å². The molecule has 0 radical (unpaired) electrons. The van der Waals surface area contributed by atoms with Crippen LogP contribution in [0.15, 0.2) is 34.9 Å². The van der Waals surface area contributed by atoms with Crippen molar-refractivity contribution in [1.29, 1.82) is 0 Å². The number of piperazine rings is 1. The highest BCUT2D eigenvalue weighted by Crippen LogP contribution is 2.46. The van der Waals surface area contributed by atoms with Crippen molar-refractivity contribution >= 4 is 28.1 Å². The minimum Gasteiger partial charge on any atom is -0.384 e. The number of anilines is 2. The quantitative estimate of drug-likeness (QED) is 0.363. The average Bonchev–Trinajstić information content (AvgIpc) is 3.33. The van der Waals surface area contributed by atoms with E-state index in [0.29, 0.717) is 35.2 Å². The molecule has 35 heavy (non-hydrogen) atoms. The lowest BCUT2D eigenvalue weighted by Gasteiger charge is -2.41. The molecule has 8 heteroatoms. The molecule has 6 rings (SSSR count). The van der Waals surface area contributed by atoms with Crippen molar-refractivity contribution in [3.63, 3.8) is 0 Å². The van der Waals surface area contributed by atoms with Crippen molar-refractivity contribution in [2.45, 2.75) is 50.9 Å². The summed E-state index contributed by atoms with van der Waals surface area (Å²) in [6, 6.07) is 10.2. The zero-order chi connectivity index (χ0) is 23.9. The number of fused-ring (bicyclic) bond motifs is 2. The molecular formula is C27H32N4O4. The summed E-state index contributed by atoms with van der Waals surface area (Å²) >= 11 is 0. The van der Waals surface area contributed by atoms with Crippen molar-refractivity contribution in [3.05, 3.63) is 41.5 Å². The SMILES string of the molecule is O=C1c2ccccc2-c2onc3c(N4CCN(C5CCCCC5)CC4)cc(NCCC(O)O)c1c23. The van der Waals surface area contributed by atoms with Gasteiger partial charge in [-0.3, -0.25) is 9.69 Å². The fourth-order valence-corrected chi connectivity index (χ4v) is 6.03. The standard InChI is InChI=1S/C27H32N4O4/c32-22(33)10-11-28-20-16-21(31-14-12-30(13-15-31)17-6-2-1-3-7-17)25-24-23(20)26(34)18-8-4-5-9-19(18)27(24)35-29-25/h4-5,8-9,16-17,22,28,32-33H,1-3,6-7,10-15H2. The Morgan fingerprint density at radius 2 is 1.80 bits per heavy atom. The zero-order valence-corrected chi connectivity index (χ0v) is 19.9. The predicted molar refractivity (Wildman–Crippen MR) is 135 cm³/mol. The van der Waals surface area contributed by atoms with Gasteiger partial charge in [0.2, 0.25) is 0 Å². The van der Waals surface area contributed by atoms with Gasteiger partial charge in [-0.1, -0.05) is 48.7 Å². The van der Waals surface area contributed by atoms with E-state index in [4.69, 9.17) is 4.52 Å². The molecule has 8 nitrogen and oxygen atoms in total. The number of hydrogen-bond donors (Lipinski definition) is 3. The van der Waals surface area contributed by atoms with Crippen molar-refractivity contribution in [3.8, 4) is 11.3 Å². The molecule has 0 spiro atoms. The molecule has 184 valence electrons. The maximum atomic E-state index is 13.6. The fraction of sp³-hybridized carbons (Fsp3) is 0.481. The highest BCUT2D eigenvalue weighted by molar-refractivity contribution is 6.28. The summed E-state index contributed by atoms with van der Waals surface area (Å²) < 4.78 is 5.87. The van der Waals surface area contributed by atoms with Crippen molar-refractivity contribution in [2.24, 2.45) is 0 Å². The number of rotatable bonds is 6. The molecule has 1 saturated carbocycles.